The molecule has 1 aromatic rings. The van der Waals surface area contributed by atoms with Gasteiger partial charge in [-0.3, -0.25) is 4.90 Å². The summed E-state index contributed by atoms with van der Waals surface area (Å²) in [5.41, 5.74) is 1.95. The molecule has 2 heterocycles. The van der Waals surface area contributed by atoms with Crippen molar-refractivity contribution in [2.24, 2.45) is 5.41 Å². The van der Waals surface area contributed by atoms with E-state index in [0.717, 1.165) is 18.3 Å². The fourth-order valence-corrected chi connectivity index (χ4v) is 4.22. The van der Waals surface area contributed by atoms with Crippen LogP contribution in [-0.4, -0.2) is 32.1 Å². The van der Waals surface area contributed by atoms with Crippen LogP contribution in [-0.2, 0) is 6.54 Å². The van der Waals surface area contributed by atoms with Crippen molar-refractivity contribution in [1.29, 1.82) is 0 Å². The predicted molar refractivity (Wildman–Crippen MR) is 73.5 cm³/mol. The third kappa shape index (κ3) is 1.80. The molecule has 3 rings (SSSR count). The first-order valence-electron chi connectivity index (χ1n) is 7.09. The molecule has 0 amide bonds. The Morgan fingerprint density at radius 2 is 2.11 bits per heavy atom. The van der Waals surface area contributed by atoms with Gasteiger partial charge in [0.1, 0.15) is 0 Å². The van der Waals surface area contributed by atoms with Gasteiger partial charge in [0.2, 0.25) is 0 Å². The molecule has 1 saturated heterocycles. The number of aryl methyl sites for hydroxylation is 1. The molecule has 3 atom stereocenters. The maximum atomic E-state index is 4.34. The summed E-state index contributed by atoms with van der Waals surface area (Å²) in [5, 5.41) is 0. The lowest BCUT2D eigenvalue weighted by molar-refractivity contribution is 0.104. The second-order valence-electron chi connectivity index (χ2n) is 7.40. The first kappa shape index (κ1) is 12.2. The molecule has 100 valence electrons. The van der Waals surface area contributed by atoms with E-state index in [4.69, 9.17) is 0 Å². The van der Waals surface area contributed by atoms with Gasteiger partial charge in [0.15, 0.2) is 0 Å². The highest BCUT2D eigenvalue weighted by Gasteiger charge is 2.65. The quantitative estimate of drug-likeness (QED) is 0.801. The molecule has 0 bridgehead atoms. The van der Waals surface area contributed by atoms with Gasteiger partial charge >= 0.3 is 0 Å². The Hall–Kier alpha value is -0.830. The molecule has 1 saturated carbocycles. The van der Waals surface area contributed by atoms with Gasteiger partial charge in [-0.25, -0.2) is 4.98 Å². The van der Waals surface area contributed by atoms with Crippen LogP contribution in [0.3, 0.4) is 0 Å². The Bertz CT molecular complexity index is 457. The SMILES string of the molecule is Cc1cn(C[C@@]23C[C@@H](C)N(C(C)(C)C)[C@@H]2C3)cn1. The molecule has 2 aliphatic rings. The van der Waals surface area contributed by atoms with Gasteiger partial charge < -0.3 is 4.57 Å². The normalized spacial score (nSPS) is 35.8. The Morgan fingerprint density at radius 1 is 1.39 bits per heavy atom. The fraction of sp³-hybridized carbons (Fsp3) is 0.800. The van der Waals surface area contributed by atoms with Crippen LogP contribution >= 0.6 is 0 Å². The standard InChI is InChI=1S/C15H25N3/c1-11-8-17(10-16-11)9-15-6-12(2)18(13(15)7-15)14(3,4)5/h8,10,12-13H,6-7,9H2,1-5H3/t12-,13-,15+/m1/s1. The summed E-state index contributed by atoms with van der Waals surface area (Å²) >= 11 is 0. The van der Waals surface area contributed by atoms with Gasteiger partial charge in [0.25, 0.3) is 0 Å². The van der Waals surface area contributed by atoms with Crippen molar-refractivity contribution in [1.82, 2.24) is 14.5 Å². The molecule has 0 unspecified atom stereocenters. The van der Waals surface area contributed by atoms with Crippen LogP contribution in [0.4, 0.5) is 0 Å². The Morgan fingerprint density at radius 3 is 2.61 bits per heavy atom. The zero-order valence-electron chi connectivity index (χ0n) is 12.3. The van der Waals surface area contributed by atoms with E-state index >= 15 is 0 Å². The third-order valence-electron chi connectivity index (χ3n) is 4.69. The summed E-state index contributed by atoms with van der Waals surface area (Å²) < 4.78 is 2.29. The summed E-state index contributed by atoms with van der Waals surface area (Å²) in [6.07, 6.45) is 6.87. The van der Waals surface area contributed by atoms with Crippen molar-refractivity contribution in [2.45, 2.75) is 71.6 Å². The van der Waals surface area contributed by atoms with Crippen molar-refractivity contribution >= 4 is 0 Å². The minimum absolute atomic E-state index is 0.299. The Balaban J connectivity index is 1.77. The molecule has 2 fully saturated rings. The van der Waals surface area contributed by atoms with Gasteiger partial charge in [-0.2, -0.15) is 0 Å². The maximum absolute atomic E-state index is 4.34. The minimum atomic E-state index is 0.299. The number of fused-ring (bicyclic) bond motifs is 1. The van der Waals surface area contributed by atoms with E-state index in [1.165, 1.54) is 12.8 Å². The van der Waals surface area contributed by atoms with E-state index in [1.54, 1.807) is 0 Å². The molecular weight excluding hydrogens is 222 g/mol. The molecule has 3 heteroatoms. The van der Waals surface area contributed by atoms with E-state index in [1.807, 2.05) is 6.33 Å². The molecule has 1 aliphatic heterocycles. The highest BCUT2D eigenvalue weighted by Crippen LogP contribution is 2.62. The van der Waals surface area contributed by atoms with Crippen molar-refractivity contribution in [3.8, 4) is 0 Å². The average molecular weight is 247 g/mol. The van der Waals surface area contributed by atoms with E-state index in [0.29, 0.717) is 17.0 Å². The number of imidazole rings is 1. The first-order chi connectivity index (χ1) is 8.32. The largest absolute Gasteiger partial charge is 0.337 e. The van der Waals surface area contributed by atoms with Crippen molar-refractivity contribution < 1.29 is 0 Å². The van der Waals surface area contributed by atoms with Gasteiger partial charge in [0, 0.05) is 35.8 Å². The van der Waals surface area contributed by atoms with E-state index < -0.39 is 0 Å². The first-order valence-corrected chi connectivity index (χ1v) is 7.09. The summed E-state index contributed by atoms with van der Waals surface area (Å²) in [5.74, 6) is 0. The molecule has 0 N–H and O–H groups in total. The summed E-state index contributed by atoms with van der Waals surface area (Å²) in [6, 6.07) is 1.50. The van der Waals surface area contributed by atoms with Crippen molar-refractivity contribution in [3.63, 3.8) is 0 Å². The van der Waals surface area contributed by atoms with E-state index in [2.05, 4.69) is 55.3 Å². The van der Waals surface area contributed by atoms with Gasteiger partial charge in [-0.15, -0.1) is 0 Å². The average Bonchev–Trinajstić information content (AvgIpc) is 2.59. The summed E-state index contributed by atoms with van der Waals surface area (Å²) in [7, 11) is 0. The minimum Gasteiger partial charge on any atom is -0.337 e. The van der Waals surface area contributed by atoms with Gasteiger partial charge in [0.05, 0.1) is 12.0 Å². The Labute approximate surface area is 110 Å². The van der Waals surface area contributed by atoms with Crippen LogP contribution < -0.4 is 0 Å². The highest BCUT2D eigenvalue weighted by molar-refractivity contribution is 5.18. The van der Waals surface area contributed by atoms with Crippen LogP contribution in [0.2, 0.25) is 0 Å². The number of nitrogens with zero attached hydrogens (tertiary/aromatic N) is 3. The van der Waals surface area contributed by atoms with Crippen LogP contribution in [0.1, 0.15) is 46.2 Å². The van der Waals surface area contributed by atoms with Crippen molar-refractivity contribution in [2.75, 3.05) is 0 Å². The molecule has 0 spiro atoms. The highest BCUT2D eigenvalue weighted by atomic mass is 15.3. The van der Waals surface area contributed by atoms with Crippen LogP contribution in [0.5, 0.6) is 0 Å². The zero-order valence-corrected chi connectivity index (χ0v) is 12.3. The zero-order chi connectivity index (χ0) is 13.1. The number of piperidine rings is 1. The smallest absolute Gasteiger partial charge is 0.0949 e. The lowest BCUT2D eigenvalue weighted by Gasteiger charge is -2.37. The molecule has 1 aliphatic carbocycles. The maximum Gasteiger partial charge on any atom is 0.0949 e. The number of likely N-dealkylation sites (tertiary alicyclic amines) is 1. The fourth-order valence-electron chi connectivity index (χ4n) is 4.22. The summed E-state index contributed by atoms with van der Waals surface area (Å²) in [4.78, 5) is 7.08. The number of hydrogen-bond donors (Lipinski definition) is 0. The monoisotopic (exact) mass is 247 g/mol. The lowest BCUT2D eigenvalue weighted by atomic mass is 9.99. The van der Waals surface area contributed by atoms with Crippen LogP contribution in [0, 0.1) is 12.3 Å². The molecule has 1 aromatic heterocycles. The predicted octanol–water partition coefficient (Wildman–Crippen LogP) is 2.84. The van der Waals surface area contributed by atoms with Crippen LogP contribution in [0.15, 0.2) is 12.5 Å². The van der Waals surface area contributed by atoms with Crippen LogP contribution in [0.25, 0.3) is 0 Å². The van der Waals surface area contributed by atoms with Crippen molar-refractivity contribution in [3.05, 3.63) is 18.2 Å². The lowest BCUT2D eigenvalue weighted by Crippen LogP contribution is -2.45. The summed E-state index contributed by atoms with van der Waals surface area (Å²) in [6.45, 7) is 12.6. The Kier molecular flexibility index (Phi) is 2.44. The number of rotatable bonds is 2. The third-order valence-corrected chi connectivity index (χ3v) is 4.69. The molecule has 0 radical (unpaired) electrons. The van der Waals surface area contributed by atoms with Gasteiger partial charge in [-0.1, -0.05) is 0 Å². The second-order valence-corrected chi connectivity index (χ2v) is 7.40. The second kappa shape index (κ2) is 3.60. The molecule has 3 nitrogen and oxygen atoms in total. The van der Waals surface area contributed by atoms with Gasteiger partial charge in [-0.05, 0) is 47.5 Å². The molecular formula is C15H25N3. The van der Waals surface area contributed by atoms with E-state index in [9.17, 15) is 0 Å². The topological polar surface area (TPSA) is 21.1 Å². The number of hydrogen-bond acceptors (Lipinski definition) is 2. The van der Waals surface area contributed by atoms with E-state index in [-0.39, 0.29) is 0 Å². The number of aromatic nitrogens is 2. The molecule has 18 heavy (non-hydrogen) atoms. The molecule has 0 aromatic carbocycles.